The average molecular weight is 250 g/mol. The van der Waals surface area contributed by atoms with Gasteiger partial charge in [0.25, 0.3) is 0 Å². The number of nitrogens with two attached hydrogens (primary N) is 1. The van der Waals surface area contributed by atoms with Gasteiger partial charge in [0, 0.05) is 4.88 Å². The lowest BCUT2D eigenvalue weighted by molar-refractivity contribution is 0.617. The third-order valence-corrected chi connectivity index (χ3v) is 3.82. The van der Waals surface area contributed by atoms with Gasteiger partial charge < -0.3 is 0 Å². The van der Waals surface area contributed by atoms with Crippen LogP contribution in [-0.4, -0.2) is 0 Å². The molecule has 90 valence electrons. The molecule has 1 unspecified atom stereocenters. The van der Waals surface area contributed by atoms with E-state index in [1.54, 1.807) is 23.5 Å². The predicted molar refractivity (Wildman–Crippen MR) is 69.3 cm³/mol. The van der Waals surface area contributed by atoms with Crippen LogP contribution in [0.25, 0.3) is 0 Å². The number of aryl methyl sites for hydroxylation is 1. The van der Waals surface area contributed by atoms with Crippen LogP contribution >= 0.6 is 11.3 Å². The number of nitrogens with one attached hydrogen (secondary N) is 1. The van der Waals surface area contributed by atoms with E-state index in [1.807, 2.05) is 0 Å². The molecular weight excluding hydrogens is 235 g/mol. The fourth-order valence-electron chi connectivity index (χ4n) is 1.87. The molecule has 4 heteroatoms. The molecule has 0 bridgehead atoms. The summed E-state index contributed by atoms with van der Waals surface area (Å²) in [6, 6.07) is 8.48. The zero-order valence-corrected chi connectivity index (χ0v) is 10.4. The monoisotopic (exact) mass is 250 g/mol. The number of rotatable bonds is 4. The van der Waals surface area contributed by atoms with Crippen LogP contribution in [0.15, 0.2) is 35.7 Å². The van der Waals surface area contributed by atoms with Gasteiger partial charge in [0.05, 0.1) is 6.04 Å². The molecule has 1 heterocycles. The van der Waals surface area contributed by atoms with Crippen molar-refractivity contribution in [3.05, 3.63) is 57.5 Å². The highest BCUT2D eigenvalue weighted by Gasteiger charge is 2.16. The van der Waals surface area contributed by atoms with Gasteiger partial charge in [-0.05, 0) is 41.1 Å². The topological polar surface area (TPSA) is 38.0 Å². The Balaban J connectivity index is 2.36. The normalized spacial score (nSPS) is 12.6. The van der Waals surface area contributed by atoms with Crippen molar-refractivity contribution in [2.24, 2.45) is 5.84 Å². The van der Waals surface area contributed by atoms with Crippen LogP contribution < -0.4 is 11.3 Å². The van der Waals surface area contributed by atoms with Crippen molar-refractivity contribution in [3.63, 3.8) is 0 Å². The van der Waals surface area contributed by atoms with E-state index < -0.39 is 0 Å². The Hall–Kier alpha value is -1.23. The SMILES string of the molecule is CCc1ccsc1C(NN)c1ccc(F)cc1. The second-order valence-corrected chi connectivity index (χ2v) is 4.76. The van der Waals surface area contributed by atoms with E-state index in [0.29, 0.717) is 0 Å². The Kier molecular flexibility index (Phi) is 3.89. The minimum absolute atomic E-state index is 0.0643. The number of hydrazine groups is 1. The van der Waals surface area contributed by atoms with Gasteiger partial charge in [-0.25, -0.2) is 9.82 Å². The fourth-order valence-corrected chi connectivity index (χ4v) is 2.95. The summed E-state index contributed by atoms with van der Waals surface area (Å²) in [4.78, 5) is 1.20. The molecule has 0 aliphatic rings. The smallest absolute Gasteiger partial charge is 0.123 e. The third kappa shape index (κ3) is 2.54. The van der Waals surface area contributed by atoms with Crippen LogP contribution in [0.2, 0.25) is 0 Å². The molecule has 1 atom stereocenters. The van der Waals surface area contributed by atoms with Gasteiger partial charge in [0.15, 0.2) is 0 Å². The maximum absolute atomic E-state index is 12.9. The first-order valence-electron chi connectivity index (χ1n) is 5.54. The van der Waals surface area contributed by atoms with Gasteiger partial charge in [0.1, 0.15) is 5.82 Å². The molecule has 0 spiro atoms. The second kappa shape index (κ2) is 5.40. The van der Waals surface area contributed by atoms with Crippen LogP contribution in [0.1, 0.15) is 29.0 Å². The third-order valence-electron chi connectivity index (χ3n) is 2.79. The number of hydrogen-bond donors (Lipinski definition) is 2. The summed E-state index contributed by atoms with van der Waals surface area (Å²) in [6.45, 7) is 2.11. The summed E-state index contributed by atoms with van der Waals surface area (Å²) in [5.41, 5.74) is 5.06. The Morgan fingerprint density at radius 3 is 2.59 bits per heavy atom. The maximum atomic E-state index is 12.9. The number of thiophene rings is 1. The van der Waals surface area contributed by atoms with E-state index in [9.17, 15) is 4.39 Å². The molecule has 0 aliphatic carbocycles. The van der Waals surface area contributed by atoms with Crippen molar-refractivity contribution in [1.82, 2.24) is 5.43 Å². The van der Waals surface area contributed by atoms with E-state index in [1.165, 1.54) is 22.6 Å². The Morgan fingerprint density at radius 1 is 1.29 bits per heavy atom. The van der Waals surface area contributed by atoms with Crippen LogP contribution in [0.3, 0.4) is 0 Å². The summed E-state index contributed by atoms with van der Waals surface area (Å²) in [6.07, 6.45) is 0.970. The molecule has 1 aromatic carbocycles. The first kappa shape index (κ1) is 12.2. The zero-order valence-electron chi connectivity index (χ0n) is 9.61. The quantitative estimate of drug-likeness (QED) is 0.646. The molecule has 17 heavy (non-hydrogen) atoms. The molecule has 2 rings (SSSR count). The zero-order chi connectivity index (χ0) is 12.3. The molecule has 2 nitrogen and oxygen atoms in total. The lowest BCUT2D eigenvalue weighted by Gasteiger charge is -2.16. The first-order chi connectivity index (χ1) is 8.26. The number of hydrogen-bond acceptors (Lipinski definition) is 3. The highest BCUT2D eigenvalue weighted by Crippen LogP contribution is 2.29. The van der Waals surface area contributed by atoms with Crippen molar-refractivity contribution in [2.45, 2.75) is 19.4 Å². The highest BCUT2D eigenvalue weighted by molar-refractivity contribution is 7.10. The molecule has 3 N–H and O–H groups in total. The fraction of sp³-hybridized carbons (Fsp3) is 0.231. The average Bonchev–Trinajstić information content (AvgIpc) is 2.81. The molecule has 2 aromatic rings. The van der Waals surface area contributed by atoms with Crippen molar-refractivity contribution >= 4 is 11.3 Å². The second-order valence-electron chi connectivity index (χ2n) is 3.81. The summed E-state index contributed by atoms with van der Waals surface area (Å²) < 4.78 is 12.9. The summed E-state index contributed by atoms with van der Waals surface area (Å²) in [5, 5.41) is 2.06. The predicted octanol–water partition coefficient (Wildman–Crippen LogP) is 3.00. The van der Waals surface area contributed by atoms with Crippen LogP contribution in [0, 0.1) is 5.82 Å². The van der Waals surface area contributed by atoms with Crippen molar-refractivity contribution in [2.75, 3.05) is 0 Å². The summed E-state index contributed by atoms with van der Waals surface area (Å²) in [5.74, 6) is 5.39. The Bertz CT molecular complexity index is 478. The van der Waals surface area contributed by atoms with Gasteiger partial charge >= 0.3 is 0 Å². The van der Waals surface area contributed by atoms with E-state index >= 15 is 0 Å². The van der Waals surface area contributed by atoms with Crippen molar-refractivity contribution in [3.8, 4) is 0 Å². The minimum Gasteiger partial charge on any atom is -0.271 e. The van der Waals surface area contributed by atoms with Gasteiger partial charge in [-0.2, -0.15) is 0 Å². The van der Waals surface area contributed by atoms with Gasteiger partial charge in [-0.15, -0.1) is 11.3 Å². The molecule has 0 saturated heterocycles. The van der Waals surface area contributed by atoms with E-state index in [0.717, 1.165) is 12.0 Å². The summed E-state index contributed by atoms with van der Waals surface area (Å²) >= 11 is 1.67. The molecule has 0 fully saturated rings. The van der Waals surface area contributed by atoms with Crippen LogP contribution in [0.5, 0.6) is 0 Å². The Morgan fingerprint density at radius 2 is 2.00 bits per heavy atom. The van der Waals surface area contributed by atoms with E-state index in [4.69, 9.17) is 5.84 Å². The molecular formula is C13H15FN2S. The lowest BCUT2D eigenvalue weighted by atomic mass is 10.0. The van der Waals surface area contributed by atoms with Crippen LogP contribution in [-0.2, 0) is 6.42 Å². The first-order valence-corrected chi connectivity index (χ1v) is 6.42. The molecule has 0 aliphatic heterocycles. The molecule has 0 saturated carbocycles. The van der Waals surface area contributed by atoms with E-state index in [2.05, 4.69) is 23.8 Å². The van der Waals surface area contributed by atoms with E-state index in [-0.39, 0.29) is 11.9 Å². The maximum Gasteiger partial charge on any atom is 0.123 e. The number of halogens is 1. The van der Waals surface area contributed by atoms with Crippen molar-refractivity contribution in [1.29, 1.82) is 0 Å². The minimum atomic E-state index is -0.230. The number of benzene rings is 1. The molecule has 1 aromatic heterocycles. The van der Waals surface area contributed by atoms with Crippen molar-refractivity contribution < 1.29 is 4.39 Å². The Labute approximate surface area is 104 Å². The molecule has 0 amide bonds. The van der Waals surface area contributed by atoms with Gasteiger partial charge in [-0.3, -0.25) is 5.84 Å². The molecule has 0 radical (unpaired) electrons. The largest absolute Gasteiger partial charge is 0.271 e. The summed E-state index contributed by atoms with van der Waals surface area (Å²) in [7, 11) is 0. The highest BCUT2D eigenvalue weighted by atomic mass is 32.1. The van der Waals surface area contributed by atoms with Gasteiger partial charge in [-0.1, -0.05) is 19.1 Å². The van der Waals surface area contributed by atoms with Gasteiger partial charge in [0.2, 0.25) is 0 Å². The lowest BCUT2D eigenvalue weighted by Crippen LogP contribution is -2.28. The van der Waals surface area contributed by atoms with Crippen LogP contribution in [0.4, 0.5) is 4.39 Å². The standard InChI is InChI=1S/C13H15FN2S/c1-2-9-7-8-17-13(9)12(16-15)10-3-5-11(14)6-4-10/h3-8,12,16H,2,15H2,1H3.